The van der Waals surface area contributed by atoms with Crippen LogP contribution in [0.15, 0.2) is 0 Å². The predicted octanol–water partition coefficient (Wildman–Crippen LogP) is 0.606. The molecule has 100 valence electrons. The molecule has 0 saturated carbocycles. The first kappa shape index (κ1) is 14.4. The van der Waals surface area contributed by atoms with Gasteiger partial charge in [-0.2, -0.15) is 0 Å². The molecule has 1 N–H and O–H groups in total. The van der Waals surface area contributed by atoms with Crippen molar-refractivity contribution in [3.63, 3.8) is 0 Å². The molecule has 1 atom stereocenters. The van der Waals surface area contributed by atoms with Gasteiger partial charge in [-0.05, 0) is 40.3 Å². The molecule has 0 aliphatic carbocycles. The quantitative estimate of drug-likeness (QED) is 0.804. The van der Waals surface area contributed by atoms with Crippen molar-refractivity contribution in [3.8, 4) is 0 Å². The summed E-state index contributed by atoms with van der Waals surface area (Å²) in [6.45, 7) is 4.34. The molecule has 0 spiro atoms. The van der Waals surface area contributed by atoms with Crippen molar-refractivity contribution in [2.45, 2.75) is 31.9 Å². The molecule has 0 aromatic heterocycles. The zero-order valence-corrected chi connectivity index (χ0v) is 11.5. The maximum absolute atomic E-state index is 12.2. The Labute approximate surface area is 103 Å². The number of likely N-dealkylation sites (tertiary alicyclic amines) is 1. The third kappa shape index (κ3) is 3.67. The summed E-state index contributed by atoms with van der Waals surface area (Å²) < 4.78 is 24.3. The Hall–Kier alpha value is -0.620. The highest BCUT2D eigenvalue weighted by molar-refractivity contribution is 7.92. The van der Waals surface area contributed by atoms with E-state index in [9.17, 15) is 13.2 Å². The lowest BCUT2D eigenvalue weighted by Gasteiger charge is -2.31. The van der Waals surface area contributed by atoms with Crippen molar-refractivity contribution < 1.29 is 18.3 Å². The van der Waals surface area contributed by atoms with Gasteiger partial charge in [-0.25, -0.2) is 8.42 Å². The lowest BCUT2D eigenvalue weighted by Crippen LogP contribution is -2.44. The highest BCUT2D eigenvalue weighted by Gasteiger charge is 2.38. The number of carboxylic acid groups (broad SMARTS) is 1. The number of rotatable bonds is 4. The number of nitrogens with zero attached hydrogens (tertiary/aromatic N) is 1. The molecule has 0 aromatic rings. The molecule has 1 heterocycles. The van der Waals surface area contributed by atoms with Crippen LogP contribution < -0.4 is 0 Å². The van der Waals surface area contributed by atoms with Gasteiger partial charge >= 0.3 is 5.97 Å². The molecule has 0 aromatic carbocycles. The molecule has 17 heavy (non-hydrogen) atoms. The molecule has 1 aliphatic rings. The molecule has 1 unspecified atom stereocenters. The molecule has 1 rings (SSSR count). The Morgan fingerprint density at radius 1 is 1.47 bits per heavy atom. The second-order valence-corrected chi connectivity index (χ2v) is 7.80. The van der Waals surface area contributed by atoms with Gasteiger partial charge in [0.1, 0.15) is 0 Å². The zero-order chi connectivity index (χ0) is 13.3. The van der Waals surface area contributed by atoms with Gasteiger partial charge in [-0.1, -0.05) is 0 Å². The molecule has 1 aliphatic heterocycles. The van der Waals surface area contributed by atoms with Gasteiger partial charge in [0.25, 0.3) is 0 Å². The lowest BCUT2D eigenvalue weighted by atomic mass is 9.97. The molecule has 6 heteroatoms. The highest BCUT2D eigenvalue weighted by atomic mass is 32.2. The highest BCUT2D eigenvalue weighted by Crippen LogP contribution is 2.24. The summed E-state index contributed by atoms with van der Waals surface area (Å²) in [6, 6.07) is 0. The second kappa shape index (κ2) is 4.94. The van der Waals surface area contributed by atoms with Crippen LogP contribution in [0.1, 0.15) is 26.7 Å². The molecule has 0 radical (unpaired) electrons. The van der Waals surface area contributed by atoms with Crippen LogP contribution in [0.5, 0.6) is 0 Å². The van der Waals surface area contributed by atoms with E-state index in [0.29, 0.717) is 13.0 Å². The Morgan fingerprint density at radius 3 is 2.53 bits per heavy atom. The van der Waals surface area contributed by atoms with E-state index >= 15 is 0 Å². The molecular weight excluding hydrogens is 242 g/mol. The number of aliphatic carboxylic acids is 1. The number of carbonyl (C=O) groups is 1. The molecule has 1 saturated heterocycles. The summed E-state index contributed by atoms with van der Waals surface area (Å²) in [5, 5.41) is 8.56. The van der Waals surface area contributed by atoms with Gasteiger partial charge in [-0.15, -0.1) is 0 Å². The monoisotopic (exact) mass is 263 g/mol. The van der Waals surface area contributed by atoms with E-state index in [1.807, 2.05) is 11.9 Å². The van der Waals surface area contributed by atoms with Crippen LogP contribution >= 0.6 is 0 Å². The number of piperidine rings is 1. The van der Waals surface area contributed by atoms with E-state index < -0.39 is 26.5 Å². The largest absolute Gasteiger partial charge is 0.481 e. The number of carboxylic acids is 1. The fourth-order valence-electron chi connectivity index (χ4n) is 2.09. The van der Waals surface area contributed by atoms with Crippen LogP contribution in [-0.4, -0.2) is 55.5 Å². The van der Waals surface area contributed by atoms with E-state index in [-0.39, 0.29) is 5.75 Å². The normalized spacial score (nSPS) is 23.6. The topological polar surface area (TPSA) is 74.7 Å². The molecule has 0 bridgehead atoms. The zero-order valence-electron chi connectivity index (χ0n) is 10.6. The maximum atomic E-state index is 12.2. The van der Waals surface area contributed by atoms with Gasteiger partial charge < -0.3 is 10.0 Å². The van der Waals surface area contributed by atoms with E-state index in [2.05, 4.69) is 0 Å². The van der Waals surface area contributed by atoms with Crippen molar-refractivity contribution in [1.82, 2.24) is 4.90 Å². The van der Waals surface area contributed by atoms with Crippen molar-refractivity contribution in [3.05, 3.63) is 0 Å². The van der Waals surface area contributed by atoms with Crippen molar-refractivity contribution in [2.24, 2.45) is 5.41 Å². The van der Waals surface area contributed by atoms with Gasteiger partial charge in [0, 0.05) is 6.54 Å². The van der Waals surface area contributed by atoms with Crippen LogP contribution in [0, 0.1) is 5.41 Å². The molecule has 0 amide bonds. The number of sulfone groups is 1. The van der Waals surface area contributed by atoms with Gasteiger partial charge in [0.15, 0.2) is 9.84 Å². The summed E-state index contributed by atoms with van der Waals surface area (Å²) in [5.41, 5.74) is -1.21. The van der Waals surface area contributed by atoms with Crippen LogP contribution in [0.4, 0.5) is 0 Å². The first-order chi connectivity index (χ1) is 7.65. The number of hydrogen-bond acceptors (Lipinski definition) is 4. The number of hydrogen-bond donors (Lipinski definition) is 1. The average molecular weight is 263 g/mol. The lowest BCUT2D eigenvalue weighted by molar-refractivity contribution is -0.145. The molecule has 5 nitrogen and oxygen atoms in total. The Bertz CT molecular complexity index is 388. The smallest absolute Gasteiger partial charge is 0.310 e. The van der Waals surface area contributed by atoms with E-state index in [1.54, 1.807) is 0 Å². The average Bonchev–Trinajstić information content (AvgIpc) is 2.15. The van der Waals surface area contributed by atoms with Crippen LogP contribution in [0.25, 0.3) is 0 Å². The second-order valence-electron chi connectivity index (χ2n) is 5.52. The van der Waals surface area contributed by atoms with Gasteiger partial charge in [-0.3, -0.25) is 4.79 Å². The summed E-state index contributed by atoms with van der Waals surface area (Å²) in [6.07, 6.45) is 1.50. The Kier molecular flexibility index (Phi) is 4.19. The van der Waals surface area contributed by atoms with E-state index in [1.165, 1.54) is 13.8 Å². The minimum Gasteiger partial charge on any atom is -0.481 e. The van der Waals surface area contributed by atoms with Crippen molar-refractivity contribution >= 4 is 15.8 Å². The summed E-state index contributed by atoms with van der Waals surface area (Å²) in [4.78, 5) is 13.0. The first-order valence-corrected chi connectivity index (χ1v) is 7.50. The molecule has 1 fully saturated rings. The van der Waals surface area contributed by atoms with Crippen LogP contribution in [-0.2, 0) is 14.6 Å². The Balaban J connectivity index is 2.78. The fourth-order valence-corrected chi connectivity index (χ4v) is 4.47. The minimum atomic E-state index is -3.34. The molecular formula is C11H21NO4S. The van der Waals surface area contributed by atoms with E-state index in [4.69, 9.17) is 5.11 Å². The predicted molar refractivity (Wildman–Crippen MR) is 65.7 cm³/mol. The van der Waals surface area contributed by atoms with E-state index in [0.717, 1.165) is 13.0 Å². The van der Waals surface area contributed by atoms with Crippen LogP contribution in [0.2, 0.25) is 0 Å². The van der Waals surface area contributed by atoms with Gasteiger partial charge in [0.2, 0.25) is 0 Å². The summed E-state index contributed by atoms with van der Waals surface area (Å²) >= 11 is 0. The van der Waals surface area contributed by atoms with Crippen molar-refractivity contribution in [2.75, 3.05) is 25.9 Å². The standard InChI is InChI=1S/C11H21NO4S/c1-11(2,10(13)14)8-17(15,16)9-5-4-6-12(3)7-9/h9H,4-8H2,1-3H3,(H,13,14). The summed E-state index contributed by atoms with van der Waals surface area (Å²) in [5.74, 6) is -1.35. The fraction of sp³-hybridized carbons (Fsp3) is 0.909. The maximum Gasteiger partial charge on any atom is 0.310 e. The Morgan fingerprint density at radius 2 is 2.06 bits per heavy atom. The van der Waals surface area contributed by atoms with Crippen molar-refractivity contribution in [1.29, 1.82) is 0 Å². The first-order valence-electron chi connectivity index (χ1n) is 5.79. The third-order valence-electron chi connectivity index (χ3n) is 3.23. The third-order valence-corrected chi connectivity index (χ3v) is 5.75. The van der Waals surface area contributed by atoms with Gasteiger partial charge in [0.05, 0.1) is 16.4 Å². The van der Waals surface area contributed by atoms with Crippen LogP contribution in [0.3, 0.4) is 0 Å². The minimum absolute atomic E-state index is 0.284. The SMILES string of the molecule is CN1CCCC(S(=O)(=O)CC(C)(C)C(=O)O)C1. The summed E-state index contributed by atoms with van der Waals surface area (Å²) in [7, 11) is -1.45.